The maximum Gasteiger partial charge on any atom is 0.429 e. The maximum absolute atomic E-state index is 14.4. The minimum Gasteiger partial charge on any atom is -0.480 e. The Hall–Kier alpha value is -3.15. The third-order valence-corrected chi connectivity index (χ3v) is 6.58. The number of benzene rings is 1. The number of rotatable bonds is 8. The van der Waals surface area contributed by atoms with E-state index in [1.54, 1.807) is 26.1 Å². The zero-order chi connectivity index (χ0) is 27.6. The topological polar surface area (TPSA) is 116 Å². The predicted octanol–water partition coefficient (Wildman–Crippen LogP) is 6.02. The molecule has 13 heteroatoms. The van der Waals surface area contributed by atoms with Crippen LogP contribution in [0.1, 0.15) is 54.6 Å². The van der Waals surface area contributed by atoms with Crippen LogP contribution in [0.2, 0.25) is 5.02 Å². The monoisotopic (exact) mass is 585 g/mol. The Morgan fingerprint density at radius 2 is 2.00 bits per heavy atom. The van der Waals surface area contributed by atoms with Crippen molar-refractivity contribution in [1.82, 2.24) is 19.7 Å². The van der Waals surface area contributed by atoms with Gasteiger partial charge in [-0.05, 0) is 69.2 Å². The first kappa shape index (κ1) is 30.4. The van der Waals surface area contributed by atoms with Crippen molar-refractivity contribution in [1.29, 1.82) is 0 Å². The number of nitrogens with two attached hydrogens (primary N) is 1. The fraction of sp³-hybridized carbons (Fsp3) is 0.385. The number of nitrogens with zero attached hydrogens (tertiary/aromatic N) is 4. The number of halogens is 5. The summed E-state index contributed by atoms with van der Waals surface area (Å²) in [6.45, 7) is 3.31. The molecule has 2 heterocycles. The zero-order valence-corrected chi connectivity index (χ0v) is 22.7. The van der Waals surface area contributed by atoms with Gasteiger partial charge in [0.05, 0.1) is 17.1 Å². The lowest BCUT2D eigenvalue weighted by molar-refractivity contribution is -0.198. The number of aryl methyl sites for hydroxylation is 2. The van der Waals surface area contributed by atoms with Gasteiger partial charge in [0.2, 0.25) is 12.0 Å². The Balaban J connectivity index is 0.00000420. The number of aliphatic carboxylic acids is 1. The summed E-state index contributed by atoms with van der Waals surface area (Å²) in [5.41, 5.74) is 7.56. The molecule has 0 saturated carbocycles. The highest BCUT2D eigenvalue weighted by Crippen LogP contribution is 2.40. The summed E-state index contributed by atoms with van der Waals surface area (Å²) in [4.78, 5) is 19.6. The van der Waals surface area contributed by atoms with Gasteiger partial charge in [-0.2, -0.15) is 23.3 Å². The van der Waals surface area contributed by atoms with E-state index in [1.165, 1.54) is 28.9 Å². The first-order chi connectivity index (χ1) is 17.9. The first-order valence-electron chi connectivity index (χ1n) is 12.0. The van der Waals surface area contributed by atoms with Gasteiger partial charge in [0.25, 0.3) is 0 Å². The van der Waals surface area contributed by atoms with Gasteiger partial charge in [0, 0.05) is 22.8 Å². The summed E-state index contributed by atoms with van der Waals surface area (Å²) in [5, 5.41) is 13.5. The molecule has 2 aromatic heterocycles. The van der Waals surface area contributed by atoms with Crippen molar-refractivity contribution < 1.29 is 27.8 Å². The molecule has 210 valence electrons. The molecule has 8 nitrogen and oxygen atoms in total. The molecule has 0 bridgehead atoms. The molecular formula is C26H28Cl2F3N5O3. The normalized spacial score (nSPS) is 17.1. The smallest absolute Gasteiger partial charge is 0.429 e. The van der Waals surface area contributed by atoms with E-state index in [2.05, 4.69) is 15.1 Å². The van der Waals surface area contributed by atoms with Crippen LogP contribution in [-0.4, -0.2) is 43.0 Å². The molecule has 3 N–H and O–H groups in total. The summed E-state index contributed by atoms with van der Waals surface area (Å²) >= 11 is 6.11. The second-order valence-corrected chi connectivity index (χ2v) is 9.77. The average Bonchev–Trinajstić information content (AvgIpc) is 3.28. The van der Waals surface area contributed by atoms with Crippen molar-refractivity contribution in [3.8, 4) is 11.6 Å². The maximum atomic E-state index is 14.4. The minimum absolute atomic E-state index is 0. The number of alkyl halides is 3. The number of allylic oxidation sites excluding steroid dienone is 2. The van der Waals surface area contributed by atoms with E-state index < -0.39 is 24.3 Å². The lowest BCUT2D eigenvalue weighted by Crippen LogP contribution is -2.32. The molecule has 0 saturated heterocycles. The van der Waals surface area contributed by atoms with E-state index in [1.807, 2.05) is 6.08 Å². The number of carboxylic acids is 1. The van der Waals surface area contributed by atoms with Gasteiger partial charge < -0.3 is 15.6 Å². The van der Waals surface area contributed by atoms with Gasteiger partial charge in [-0.3, -0.25) is 4.79 Å². The highest BCUT2D eigenvalue weighted by molar-refractivity contribution is 6.30. The highest BCUT2D eigenvalue weighted by Gasteiger charge is 2.45. The van der Waals surface area contributed by atoms with Crippen molar-refractivity contribution in [3.63, 3.8) is 0 Å². The van der Waals surface area contributed by atoms with Gasteiger partial charge in [0.15, 0.2) is 0 Å². The Kier molecular flexibility index (Phi) is 9.63. The van der Waals surface area contributed by atoms with Gasteiger partial charge in [-0.1, -0.05) is 23.7 Å². The van der Waals surface area contributed by atoms with Crippen LogP contribution in [0.3, 0.4) is 0 Å². The molecule has 3 aromatic rings. The molecule has 0 spiro atoms. The Labute approximate surface area is 234 Å². The summed E-state index contributed by atoms with van der Waals surface area (Å²) < 4.78 is 49.9. The van der Waals surface area contributed by atoms with E-state index in [0.717, 1.165) is 5.57 Å². The van der Waals surface area contributed by atoms with Crippen LogP contribution in [-0.2, 0) is 4.79 Å². The largest absolute Gasteiger partial charge is 0.480 e. The second kappa shape index (κ2) is 12.4. The lowest BCUT2D eigenvalue weighted by Gasteiger charge is -2.25. The fourth-order valence-corrected chi connectivity index (χ4v) is 4.64. The molecule has 1 aliphatic carbocycles. The fourth-order valence-electron chi connectivity index (χ4n) is 4.47. The SMILES string of the molecule is Cc1ccn(-c2cc(Cl)ccc2[C@@H](Oc2cc(C3=CCC(C[C@H](N)C(=O)O)CC3)nc(C)n2)C(F)(F)F)n1.Cl. The third kappa shape index (κ3) is 7.49. The molecular weight excluding hydrogens is 558 g/mol. The molecule has 0 fully saturated rings. The summed E-state index contributed by atoms with van der Waals surface area (Å²) in [5.74, 6) is -0.900. The van der Waals surface area contributed by atoms with Crippen LogP contribution >= 0.6 is 24.0 Å². The summed E-state index contributed by atoms with van der Waals surface area (Å²) in [6.07, 6.45) is -1.43. The summed E-state index contributed by atoms with van der Waals surface area (Å²) in [6, 6.07) is 6.18. The molecule has 0 amide bonds. The zero-order valence-electron chi connectivity index (χ0n) is 21.2. The molecule has 39 heavy (non-hydrogen) atoms. The van der Waals surface area contributed by atoms with Gasteiger partial charge >= 0.3 is 12.1 Å². The first-order valence-corrected chi connectivity index (χ1v) is 12.4. The van der Waals surface area contributed by atoms with Crippen molar-refractivity contribution in [2.75, 3.05) is 0 Å². The number of hydrogen-bond acceptors (Lipinski definition) is 6. The van der Waals surface area contributed by atoms with Crippen LogP contribution in [0, 0.1) is 19.8 Å². The molecule has 0 aliphatic heterocycles. The Bertz CT molecular complexity index is 1360. The lowest BCUT2D eigenvalue weighted by atomic mass is 9.84. The van der Waals surface area contributed by atoms with Gasteiger partial charge in [-0.15, -0.1) is 12.4 Å². The van der Waals surface area contributed by atoms with Crippen LogP contribution < -0.4 is 10.5 Å². The van der Waals surface area contributed by atoms with E-state index in [-0.39, 0.29) is 46.3 Å². The predicted molar refractivity (Wildman–Crippen MR) is 142 cm³/mol. The van der Waals surface area contributed by atoms with E-state index in [4.69, 9.17) is 27.2 Å². The van der Waals surface area contributed by atoms with Crippen LogP contribution in [0.5, 0.6) is 5.88 Å². The van der Waals surface area contributed by atoms with E-state index in [0.29, 0.717) is 37.1 Å². The quantitative estimate of drug-likeness (QED) is 0.332. The van der Waals surface area contributed by atoms with Crippen molar-refractivity contribution in [2.45, 2.75) is 57.9 Å². The number of carboxylic acid groups (broad SMARTS) is 1. The van der Waals surface area contributed by atoms with Crippen LogP contribution in [0.15, 0.2) is 42.6 Å². The minimum atomic E-state index is -4.77. The molecule has 1 aromatic carbocycles. The van der Waals surface area contributed by atoms with Crippen LogP contribution in [0.4, 0.5) is 13.2 Å². The third-order valence-electron chi connectivity index (χ3n) is 6.35. The van der Waals surface area contributed by atoms with Crippen molar-refractivity contribution in [2.24, 2.45) is 11.7 Å². The molecule has 0 radical (unpaired) electrons. The number of hydrogen-bond donors (Lipinski definition) is 2. The van der Waals surface area contributed by atoms with Gasteiger partial charge in [-0.25, -0.2) is 9.67 Å². The average molecular weight is 586 g/mol. The van der Waals surface area contributed by atoms with Crippen molar-refractivity contribution >= 4 is 35.6 Å². The molecule has 4 rings (SSSR count). The van der Waals surface area contributed by atoms with Crippen LogP contribution in [0.25, 0.3) is 11.3 Å². The van der Waals surface area contributed by atoms with E-state index in [9.17, 15) is 18.0 Å². The summed E-state index contributed by atoms with van der Waals surface area (Å²) in [7, 11) is 0. The number of carbonyl (C=O) groups is 1. The highest BCUT2D eigenvalue weighted by atomic mass is 35.5. The molecule has 1 unspecified atom stereocenters. The van der Waals surface area contributed by atoms with E-state index >= 15 is 0 Å². The standard InChI is InChI=1S/C26H27ClF3N5O3.ClH/c1-14-9-10-35(34-14)22-12-18(27)7-8-19(22)24(26(28,29)30)38-23-13-21(32-15(2)33-23)17-5-3-16(4-6-17)11-20(31)25(36)37;/h5,7-10,12-13,16,20,24H,3-4,6,11,31H2,1-2H3,(H,36,37);1H/t16?,20-,24+;/m0./s1. The van der Waals surface area contributed by atoms with Crippen molar-refractivity contribution in [3.05, 3.63) is 70.4 Å². The number of aromatic nitrogens is 4. The Morgan fingerprint density at radius 3 is 2.59 bits per heavy atom. The second-order valence-electron chi connectivity index (χ2n) is 9.33. The number of ether oxygens (including phenoxy) is 1. The Morgan fingerprint density at radius 1 is 1.26 bits per heavy atom. The molecule has 3 atom stereocenters. The molecule has 1 aliphatic rings. The van der Waals surface area contributed by atoms with Gasteiger partial charge in [0.1, 0.15) is 11.9 Å².